The maximum atomic E-state index is 12.8. The molecule has 0 amide bonds. The summed E-state index contributed by atoms with van der Waals surface area (Å²) < 4.78 is 44.7. The molecule has 108 valence electrons. The molecule has 0 saturated carbocycles. The zero-order chi connectivity index (χ0) is 14.9. The SMILES string of the molecule is COc1ncc(C(F)(F)F)cc1C(C)n1cc(N)cn1. The minimum atomic E-state index is -4.46. The molecule has 2 heterocycles. The molecule has 0 spiro atoms. The third kappa shape index (κ3) is 2.68. The first-order valence-corrected chi connectivity index (χ1v) is 5.73. The zero-order valence-electron chi connectivity index (χ0n) is 10.8. The first-order valence-electron chi connectivity index (χ1n) is 5.73. The number of halogens is 3. The van der Waals surface area contributed by atoms with Crippen molar-refractivity contribution in [1.82, 2.24) is 14.8 Å². The number of nitrogen functional groups attached to an aromatic ring is 1. The monoisotopic (exact) mass is 286 g/mol. The van der Waals surface area contributed by atoms with E-state index < -0.39 is 17.8 Å². The van der Waals surface area contributed by atoms with Crippen LogP contribution in [0.4, 0.5) is 18.9 Å². The van der Waals surface area contributed by atoms with E-state index >= 15 is 0 Å². The summed E-state index contributed by atoms with van der Waals surface area (Å²) in [5.41, 5.74) is 5.43. The molecule has 0 bridgehead atoms. The minimum absolute atomic E-state index is 0.125. The van der Waals surface area contributed by atoms with E-state index in [1.165, 1.54) is 24.2 Å². The van der Waals surface area contributed by atoms with E-state index in [-0.39, 0.29) is 11.4 Å². The number of nitrogens with two attached hydrogens (primary N) is 1. The van der Waals surface area contributed by atoms with E-state index in [0.29, 0.717) is 5.69 Å². The van der Waals surface area contributed by atoms with Gasteiger partial charge in [-0.25, -0.2) is 4.98 Å². The summed E-state index contributed by atoms with van der Waals surface area (Å²) >= 11 is 0. The van der Waals surface area contributed by atoms with Gasteiger partial charge >= 0.3 is 6.18 Å². The van der Waals surface area contributed by atoms with Gasteiger partial charge in [-0.05, 0) is 13.0 Å². The number of aromatic nitrogens is 3. The van der Waals surface area contributed by atoms with E-state index in [1.54, 1.807) is 6.92 Å². The van der Waals surface area contributed by atoms with Gasteiger partial charge in [0.25, 0.3) is 0 Å². The minimum Gasteiger partial charge on any atom is -0.481 e. The smallest absolute Gasteiger partial charge is 0.417 e. The predicted octanol–water partition coefficient (Wildman–Crippen LogP) is 2.50. The van der Waals surface area contributed by atoms with Crippen LogP contribution in [-0.4, -0.2) is 21.9 Å². The number of hydrogen-bond donors (Lipinski definition) is 1. The van der Waals surface area contributed by atoms with Crippen LogP contribution in [0.15, 0.2) is 24.7 Å². The van der Waals surface area contributed by atoms with Gasteiger partial charge in [-0.2, -0.15) is 18.3 Å². The Morgan fingerprint density at radius 2 is 2.05 bits per heavy atom. The van der Waals surface area contributed by atoms with Crippen LogP contribution in [0.3, 0.4) is 0 Å². The molecule has 0 radical (unpaired) electrons. The van der Waals surface area contributed by atoms with Gasteiger partial charge in [-0.3, -0.25) is 4.68 Å². The summed E-state index contributed by atoms with van der Waals surface area (Å²) in [6.45, 7) is 1.69. The average Bonchev–Trinajstić information content (AvgIpc) is 2.82. The van der Waals surface area contributed by atoms with Gasteiger partial charge in [-0.1, -0.05) is 0 Å². The second-order valence-corrected chi connectivity index (χ2v) is 4.25. The highest BCUT2D eigenvalue weighted by Crippen LogP contribution is 2.34. The maximum absolute atomic E-state index is 12.8. The predicted molar refractivity (Wildman–Crippen MR) is 66.2 cm³/mol. The molecule has 2 N–H and O–H groups in total. The number of hydrogen-bond acceptors (Lipinski definition) is 4. The van der Waals surface area contributed by atoms with Gasteiger partial charge in [0.2, 0.25) is 5.88 Å². The van der Waals surface area contributed by atoms with Crippen molar-refractivity contribution in [2.75, 3.05) is 12.8 Å². The Kier molecular flexibility index (Phi) is 3.56. The molecule has 0 aliphatic carbocycles. The van der Waals surface area contributed by atoms with Crippen molar-refractivity contribution in [2.24, 2.45) is 0 Å². The molecule has 2 aromatic heterocycles. The second kappa shape index (κ2) is 5.03. The first kappa shape index (κ1) is 14.2. The van der Waals surface area contributed by atoms with Crippen molar-refractivity contribution < 1.29 is 17.9 Å². The lowest BCUT2D eigenvalue weighted by atomic mass is 10.1. The fraction of sp³-hybridized carbons (Fsp3) is 0.333. The fourth-order valence-electron chi connectivity index (χ4n) is 1.80. The van der Waals surface area contributed by atoms with E-state index in [2.05, 4.69) is 10.1 Å². The Labute approximate surface area is 113 Å². The lowest BCUT2D eigenvalue weighted by Crippen LogP contribution is -2.13. The van der Waals surface area contributed by atoms with Crippen LogP contribution in [0.1, 0.15) is 24.1 Å². The van der Waals surface area contributed by atoms with Crippen LogP contribution < -0.4 is 10.5 Å². The molecule has 0 aromatic carbocycles. The molecule has 0 fully saturated rings. The summed E-state index contributed by atoms with van der Waals surface area (Å²) in [6, 6.07) is 0.519. The standard InChI is InChI=1S/C12H13F3N4O/c1-7(19-6-9(16)5-18-19)10-3-8(12(13,14)15)4-17-11(10)20-2/h3-7H,16H2,1-2H3. The Bertz CT molecular complexity index is 609. The molecule has 8 heteroatoms. The van der Waals surface area contributed by atoms with Gasteiger partial charge in [0.1, 0.15) is 0 Å². The molecule has 20 heavy (non-hydrogen) atoms. The highest BCUT2D eigenvalue weighted by molar-refractivity contribution is 5.36. The lowest BCUT2D eigenvalue weighted by molar-refractivity contribution is -0.137. The molecule has 1 unspecified atom stereocenters. The van der Waals surface area contributed by atoms with E-state index in [4.69, 9.17) is 10.5 Å². The number of pyridine rings is 1. The molecule has 2 aromatic rings. The number of anilines is 1. The molecule has 0 saturated heterocycles. The van der Waals surface area contributed by atoms with Crippen LogP contribution in [0.5, 0.6) is 5.88 Å². The van der Waals surface area contributed by atoms with Gasteiger partial charge in [0.15, 0.2) is 0 Å². The zero-order valence-corrected chi connectivity index (χ0v) is 10.8. The molecular formula is C12H13F3N4O. The van der Waals surface area contributed by atoms with Gasteiger partial charge in [-0.15, -0.1) is 0 Å². The van der Waals surface area contributed by atoms with Crippen LogP contribution in [0, 0.1) is 0 Å². The van der Waals surface area contributed by atoms with Crippen molar-refractivity contribution >= 4 is 5.69 Å². The molecule has 0 aliphatic heterocycles. The summed E-state index contributed by atoms with van der Waals surface area (Å²) in [5, 5.41) is 3.99. The lowest BCUT2D eigenvalue weighted by Gasteiger charge is -2.17. The largest absolute Gasteiger partial charge is 0.481 e. The first-order chi connectivity index (χ1) is 9.32. The van der Waals surface area contributed by atoms with Crippen molar-refractivity contribution in [3.8, 4) is 5.88 Å². The van der Waals surface area contributed by atoms with E-state index in [0.717, 1.165) is 12.3 Å². The van der Waals surface area contributed by atoms with Crippen LogP contribution in [0.2, 0.25) is 0 Å². The molecule has 5 nitrogen and oxygen atoms in total. The summed E-state index contributed by atoms with van der Waals surface area (Å²) in [6.07, 6.45) is -0.766. The number of nitrogens with zero attached hydrogens (tertiary/aromatic N) is 3. The summed E-state index contributed by atoms with van der Waals surface area (Å²) in [4.78, 5) is 3.70. The quantitative estimate of drug-likeness (QED) is 0.941. The Hall–Kier alpha value is -2.25. The number of ether oxygens (including phenoxy) is 1. The Morgan fingerprint density at radius 3 is 2.55 bits per heavy atom. The van der Waals surface area contributed by atoms with Crippen molar-refractivity contribution in [3.05, 3.63) is 35.8 Å². The molecule has 0 aliphatic rings. The van der Waals surface area contributed by atoms with Crippen LogP contribution >= 0.6 is 0 Å². The summed E-state index contributed by atoms with van der Waals surface area (Å²) in [7, 11) is 1.35. The van der Waals surface area contributed by atoms with E-state index in [1.807, 2.05) is 0 Å². The highest BCUT2D eigenvalue weighted by Gasteiger charge is 2.32. The maximum Gasteiger partial charge on any atom is 0.417 e. The average molecular weight is 286 g/mol. The van der Waals surface area contributed by atoms with Crippen LogP contribution in [-0.2, 0) is 6.18 Å². The van der Waals surface area contributed by atoms with Gasteiger partial charge in [0.05, 0.1) is 30.6 Å². The van der Waals surface area contributed by atoms with Crippen molar-refractivity contribution in [1.29, 1.82) is 0 Å². The number of alkyl halides is 3. The second-order valence-electron chi connectivity index (χ2n) is 4.25. The number of methoxy groups -OCH3 is 1. The third-order valence-corrected chi connectivity index (χ3v) is 2.87. The number of rotatable bonds is 3. The molecule has 2 rings (SSSR count). The molecule has 1 atom stereocenters. The van der Waals surface area contributed by atoms with E-state index in [9.17, 15) is 13.2 Å². The van der Waals surface area contributed by atoms with Crippen molar-refractivity contribution in [2.45, 2.75) is 19.1 Å². The fourth-order valence-corrected chi connectivity index (χ4v) is 1.80. The van der Waals surface area contributed by atoms with Gasteiger partial charge < -0.3 is 10.5 Å². The Morgan fingerprint density at radius 1 is 1.35 bits per heavy atom. The normalized spacial score (nSPS) is 13.2. The van der Waals surface area contributed by atoms with Crippen molar-refractivity contribution in [3.63, 3.8) is 0 Å². The Balaban J connectivity index is 2.48. The third-order valence-electron chi connectivity index (χ3n) is 2.87. The van der Waals surface area contributed by atoms with Gasteiger partial charge in [0, 0.05) is 18.0 Å². The summed E-state index contributed by atoms with van der Waals surface area (Å²) in [5.74, 6) is 0.125. The van der Waals surface area contributed by atoms with Crippen LogP contribution in [0.25, 0.3) is 0 Å². The molecular weight excluding hydrogens is 273 g/mol. The topological polar surface area (TPSA) is 66.0 Å². The highest BCUT2D eigenvalue weighted by atomic mass is 19.4.